The summed E-state index contributed by atoms with van der Waals surface area (Å²) in [6.45, 7) is 1.07. The second-order valence-electron chi connectivity index (χ2n) is 3.94. The number of carboxylic acids is 1. The highest BCUT2D eigenvalue weighted by atomic mass is 16.5. The Morgan fingerprint density at radius 2 is 2.11 bits per heavy atom. The summed E-state index contributed by atoms with van der Waals surface area (Å²) in [7, 11) is 1.62. The lowest BCUT2D eigenvalue weighted by atomic mass is 10.2. The van der Waals surface area contributed by atoms with E-state index in [2.05, 4.69) is 10.5 Å². The number of aromatic nitrogens is 1. The van der Waals surface area contributed by atoms with Gasteiger partial charge in [-0.3, -0.25) is 0 Å². The van der Waals surface area contributed by atoms with Crippen LogP contribution in [0.3, 0.4) is 0 Å². The number of rotatable bonds is 6. The van der Waals surface area contributed by atoms with E-state index in [9.17, 15) is 4.79 Å². The van der Waals surface area contributed by atoms with Gasteiger partial charge in [-0.25, -0.2) is 4.79 Å². The van der Waals surface area contributed by atoms with Crippen molar-refractivity contribution in [3.05, 3.63) is 47.3 Å². The molecule has 0 aliphatic rings. The fourth-order valence-electron chi connectivity index (χ4n) is 1.57. The zero-order valence-corrected chi connectivity index (χ0v) is 10.4. The molecule has 0 bridgehead atoms. The highest BCUT2D eigenvalue weighted by Crippen LogP contribution is 2.11. The molecule has 0 saturated heterocycles. The lowest BCUT2D eigenvalue weighted by Gasteiger charge is -2.04. The number of benzene rings is 1. The van der Waals surface area contributed by atoms with E-state index in [1.165, 1.54) is 6.07 Å². The molecule has 0 aliphatic carbocycles. The molecule has 0 spiro atoms. The van der Waals surface area contributed by atoms with Crippen LogP contribution in [0.5, 0.6) is 5.75 Å². The highest BCUT2D eigenvalue weighted by Gasteiger charge is 2.09. The van der Waals surface area contributed by atoms with Crippen molar-refractivity contribution in [2.24, 2.45) is 0 Å². The number of aromatic carboxylic acids is 1. The first-order valence-electron chi connectivity index (χ1n) is 5.71. The zero-order valence-electron chi connectivity index (χ0n) is 10.4. The Labute approximate surface area is 110 Å². The lowest BCUT2D eigenvalue weighted by Crippen LogP contribution is -2.12. The van der Waals surface area contributed by atoms with Crippen LogP contribution in [0.25, 0.3) is 0 Å². The number of hydrogen-bond acceptors (Lipinski definition) is 5. The molecule has 2 rings (SSSR count). The molecule has 100 valence electrons. The Hall–Kier alpha value is -2.34. The van der Waals surface area contributed by atoms with Gasteiger partial charge in [0.15, 0.2) is 11.5 Å². The summed E-state index contributed by atoms with van der Waals surface area (Å²) in [5.74, 6) is 0.209. The van der Waals surface area contributed by atoms with Gasteiger partial charge in [-0.05, 0) is 17.7 Å². The summed E-state index contributed by atoms with van der Waals surface area (Å²) in [5, 5.41) is 15.3. The number of nitrogens with one attached hydrogen (secondary N) is 1. The molecule has 6 heteroatoms. The number of ether oxygens (including phenoxy) is 1. The summed E-state index contributed by atoms with van der Waals surface area (Å²) in [4.78, 5) is 10.6. The number of nitrogens with zero attached hydrogens (tertiary/aromatic N) is 1. The Balaban J connectivity index is 1.83. The zero-order chi connectivity index (χ0) is 13.7. The molecular formula is C13H14N2O4. The smallest absolute Gasteiger partial charge is 0.358 e. The molecule has 19 heavy (non-hydrogen) atoms. The first kappa shape index (κ1) is 13.1. The molecule has 2 aromatic rings. The third-order valence-electron chi connectivity index (χ3n) is 2.57. The largest absolute Gasteiger partial charge is 0.497 e. The van der Waals surface area contributed by atoms with E-state index in [4.69, 9.17) is 14.4 Å². The standard InChI is InChI=1S/C13H14N2O4/c1-18-10-4-2-9(3-5-10)7-14-8-11-6-12(13(16)17)15-19-11/h2-6,14H,7-8H2,1H3,(H,16,17). The Bertz CT molecular complexity index is 548. The molecule has 1 heterocycles. The van der Waals surface area contributed by atoms with Gasteiger partial charge in [-0.2, -0.15) is 0 Å². The summed E-state index contributed by atoms with van der Waals surface area (Å²) in [6.07, 6.45) is 0. The summed E-state index contributed by atoms with van der Waals surface area (Å²) >= 11 is 0. The van der Waals surface area contributed by atoms with Crippen molar-refractivity contribution in [2.45, 2.75) is 13.1 Å². The molecule has 0 unspecified atom stereocenters. The third kappa shape index (κ3) is 3.56. The van der Waals surface area contributed by atoms with Gasteiger partial charge in [0.1, 0.15) is 5.75 Å². The molecule has 0 fully saturated rings. The van der Waals surface area contributed by atoms with E-state index in [0.717, 1.165) is 11.3 Å². The topological polar surface area (TPSA) is 84.6 Å². The van der Waals surface area contributed by atoms with E-state index in [-0.39, 0.29) is 5.69 Å². The van der Waals surface area contributed by atoms with Crippen molar-refractivity contribution in [2.75, 3.05) is 7.11 Å². The van der Waals surface area contributed by atoms with Gasteiger partial charge in [0.2, 0.25) is 0 Å². The maximum absolute atomic E-state index is 10.6. The molecular weight excluding hydrogens is 248 g/mol. The SMILES string of the molecule is COc1ccc(CNCc2cc(C(=O)O)no2)cc1. The van der Waals surface area contributed by atoms with Crippen molar-refractivity contribution in [1.82, 2.24) is 10.5 Å². The Kier molecular flexibility index (Phi) is 4.15. The molecule has 2 N–H and O–H groups in total. The van der Waals surface area contributed by atoms with Gasteiger partial charge in [0, 0.05) is 12.6 Å². The first-order valence-corrected chi connectivity index (χ1v) is 5.71. The molecule has 1 aromatic heterocycles. The molecule has 1 aromatic carbocycles. The monoisotopic (exact) mass is 262 g/mol. The maximum atomic E-state index is 10.6. The van der Waals surface area contributed by atoms with Crippen molar-refractivity contribution in [1.29, 1.82) is 0 Å². The minimum absolute atomic E-state index is 0.0822. The van der Waals surface area contributed by atoms with Crippen LogP contribution in [0, 0.1) is 0 Å². The summed E-state index contributed by atoms with van der Waals surface area (Å²) < 4.78 is 9.96. The molecule has 0 atom stereocenters. The summed E-state index contributed by atoms with van der Waals surface area (Å²) in [6, 6.07) is 9.08. The average Bonchev–Trinajstić information content (AvgIpc) is 2.89. The maximum Gasteiger partial charge on any atom is 0.358 e. The van der Waals surface area contributed by atoms with E-state index in [1.807, 2.05) is 24.3 Å². The van der Waals surface area contributed by atoms with E-state index in [0.29, 0.717) is 18.8 Å². The van der Waals surface area contributed by atoms with Crippen LogP contribution in [0.1, 0.15) is 21.8 Å². The van der Waals surface area contributed by atoms with Crippen molar-refractivity contribution in [3.63, 3.8) is 0 Å². The van der Waals surface area contributed by atoms with E-state index in [1.54, 1.807) is 7.11 Å². The van der Waals surface area contributed by atoms with E-state index < -0.39 is 5.97 Å². The van der Waals surface area contributed by atoms with Crippen LogP contribution in [0.4, 0.5) is 0 Å². The predicted octanol–water partition coefficient (Wildman–Crippen LogP) is 1.67. The molecule has 0 aliphatic heterocycles. The van der Waals surface area contributed by atoms with Crippen molar-refractivity contribution >= 4 is 5.97 Å². The predicted molar refractivity (Wildman–Crippen MR) is 67.0 cm³/mol. The number of carboxylic acid groups (broad SMARTS) is 1. The van der Waals surface area contributed by atoms with Gasteiger partial charge in [0.25, 0.3) is 0 Å². The van der Waals surface area contributed by atoms with E-state index >= 15 is 0 Å². The number of hydrogen-bond donors (Lipinski definition) is 2. The van der Waals surface area contributed by atoms with Gasteiger partial charge < -0.3 is 19.7 Å². The number of carbonyl (C=O) groups is 1. The van der Waals surface area contributed by atoms with Gasteiger partial charge in [0.05, 0.1) is 13.7 Å². The Morgan fingerprint density at radius 3 is 2.68 bits per heavy atom. The molecule has 0 amide bonds. The normalized spacial score (nSPS) is 10.4. The minimum atomic E-state index is -1.09. The summed E-state index contributed by atoms with van der Waals surface area (Å²) in [5.41, 5.74) is 1.01. The van der Waals surface area contributed by atoms with Gasteiger partial charge >= 0.3 is 5.97 Å². The van der Waals surface area contributed by atoms with Crippen LogP contribution in [0.15, 0.2) is 34.9 Å². The number of methoxy groups -OCH3 is 1. The molecule has 6 nitrogen and oxygen atoms in total. The quantitative estimate of drug-likeness (QED) is 0.823. The molecule has 0 radical (unpaired) electrons. The third-order valence-corrected chi connectivity index (χ3v) is 2.57. The minimum Gasteiger partial charge on any atom is -0.497 e. The van der Waals surface area contributed by atoms with Crippen molar-refractivity contribution < 1.29 is 19.2 Å². The van der Waals surface area contributed by atoms with Crippen LogP contribution in [0.2, 0.25) is 0 Å². The second-order valence-corrected chi connectivity index (χ2v) is 3.94. The second kappa shape index (κ2) is 6.01. The molecule has 0 saturated carbocycles. The fraction of sp³-hybridized carbons (Fsp3) is 0.231. The lowest BCUT2D eigenvalue weighted by molar-refractivity contribution is 0.0685. The van der Waals surface area contributed by atoms with Crippen LogP contribution in [-0.2, 0) is 13.1 Å². The first-order chi connectivity index (χ1) is 9.19. The van der Waals surface area contributed by atoms with Gasteiger partial charge in [-0.1, -0.05) is 17.3 Å². The fourth-order valence-corrected chi connectivity index (χ4v) is 1.57. The van der Waals surface area contributed by atoms with Crippen LogP contribution >= 0.6 is 0 Å². The van der Waals surface area contributed by atoms with Crippen molar-refractivity contribution in [3.8, 4) is 5.75 Å². The van der Waals surface area contributed by atoms with Crippen LogP contribution < -0.4 is 10.1 Å². The average molecular weight is 262 g/mol. The Morgan fingerprint density at radius 1 is 1.37 bits per heavy atom. The highest BCUT2D eigenvalue weighted by molar-refractivity contribution is 5.85. The van der Waals surface area contributed by atoms with Crippen LogP contribution in [-0.4, -0.2) is 23.3 Å². The van der Waals surface area contributed by atoms with Gasteiger partial charge in [-0.15, -0.1) is 0 Å².